The van der Waals surface area contributed by atoms with E-state index in [-0.39, 0.29) is 22.0 Å². The molecule has 0 N–H and O–H groups in total. The minimum Gasteiger partial charge on any atom is -0.493 e. The Morgan fingerprint density at radius 1 is 1.07 bits per heavy atom. The molecule has 1 aromatic heterocycles. The highest BCUT2D eigenvalue weighted by molar-refractivity contribution is 7.87. The van der Waals surface area contributed by atoms with Crippen LogP contribution in [0.5, 0.6) is 17.2 Å². The molecule has 1 heterocycles. The summed E-state index contributed by atoms with van der Waals surface area (Å²) in [6.07, 6.45) is 2.17. The van der Waals surface area contributed by atoms with Gasteiger partial charge >= 0.3 is 15.7 Å². The smallest absolute Gasteiger partial charge is 0.340 e. The average Bonchev–Trinajstić information content (AvgIpc) is 3.50. The molecule has 1 saturated carbocycles. The first kappa shape index (κ1) is 19.3. The van der Waals surface area contributed by atoms with Gasteiger partial charge in [-0.15, -0.1) is 0 Å². The maximum Gasteiger partial charge on any atom is 0.340 e. The van der Waals surface area contributed by atoms with Crippen LogP contribution in [0.1, 0.15) is 18.4 Å². The number of benzene rings is 2. The van der Waals surface area contributed by atoms with Crippen LogP contribution in [0.15, 0.2) is 56.6 Å². The quantitative estimate of drug-likeness (QED) is 0.429. The Kier molecular flexibility index (Phi) is 4.96. The average molecular weight is 416 g/mol. The number of methoxy groups -OCH3 is 1. The van der Waals surface area contributed by atoms with Gasteiger partial charge in [0.15, 0.2) is 17.1 Å². The number of fused-ring (bicyclic) bond motifs is 1. The zero-order valence-electron chi connectivity index (χ0n) is 16.0. The first-order chi connectivity index (χ1) is 13.9. The second kappa shape index (κ2) is 7.44. The summed E-state index contributed by atoms with van der Waals surface area (Å²) in [5.74, 6) is 0.978. The van der Waals surface area contributed by atoms with Crippen molar-refractivity contribution in [2.24, 2.45) is 5.92 Å². The summed E-state index contributed by atoms with van der Waals surface area (Å²) >= 11 is 0. The number of ether oxygens (including phenoxy) is 2. The molecule has 1 aliphatic rings. The first-order valence-corrected chi connectivity index (χ1v) is 10.6. The van der Waals surface area contributed by atoms with Crippen LogP contribution >= 0.6 is 0 Å². The Balaban J connectivity index is 1.79. The minimum absolute atomic E-state index is 0.0109. The Labute approximate surface area is 167 Å². The maximum atomic E-state index is 12.7. The Morgan fingerprint density at radius 3 is 2.45 bits per heavy atom. The van der Waals surface area contributed by atoms with Crippen LogP contribution in [0.2, 0.25) is 0 Å². The van der Waals surface area contributed by atoms with Crippen LogP contribution in [0, 0.1) is 12.8 Å². The van der Waals surface area contributed by atoms with Crippen molar-refractivity contribution in [2.45, 2.75) is 24.7 Å². The van der Waals surface area contributed by atoms with Crippen LogP contribution in [0.3, 0.4) is 0 Å². The lowest BCUT2D eigenvalue weighted by atomic mass is 10.2. The highest BCUT2D eigenvalue weighted by Crippen LogP contribution is 2.40. The van der Waals surface area contributed by atoms with E-state index in [0.29, 0.717) is 23.7 Å². The minimum atomic E-state index is -4.14. The molecular weight excluding hydrogens is 396 g/mol. The summed E-state index contributed by atoms with van der Waals surface area (Å²) in [5, 5.41) is 0.298. The monoisotopic (exact) mass is 416 g/mol. The third-order valence-electron chi connectivity index (χ3n) is 4.68. The first-order valence-electron chi connectivity index (χ1n) is 9.16. The number of hydrogen-bond acceptors (Lipinski definition) is 7. The maximum absolute atomic E-state index is 12.7. The van der Waals surface area contributed by atoms with Gasteiger partial charge in [-0.3, -0.25) is 0 Å². The lowest BCUT2D eigenvalue weighted by Crippen LogP contribution is -2.12. The molecule has 4 rings (SSSR count). The van der Waals surface area contributed by atoms with Crippen molar-refractivity contribution in [1.29, 1.82) is 0 Å². The van der Waals surface area contributed by atoms with Gasteiger partial charge in [-0.25, -0.2) is 4.79 Å². The molecule has 152 valence electrons. The van der Waals surface area contributed by atoms with E-state index in [0.717, 1.165) is 24.5 Å². The second-order valence-corrected chi connectivity index (χ2v) is 8.55. The third kappa shape index (κ3) is 4.07. The van der Waals surface area contributed by atoms with Gasteiger partial charge in [-0.1, -0.05) is 17.7 Å². The molecule has 0 saturated heterocycles. The number of hydrogen-bond donors (Lipinski definition) is 0. The van der Waals surface area contributed by atoms with Crippen LogP contribution in [0.25, 0.3) is 11.0 Å². The van der Waals surface area contributed by atoms with Gasteiger partial charge in [0.25, 0.3) is 0 Å². The fourth-order valence-electron chi connectivity index (χ4n) is 2.88. The van der Waals surface area contributed by atoms with E-state index in [1.54, 1.807) is 24.3 Å². The lowest BCUT2D eigenvalue weighted by molar-refractivity contribution is 0.279. The van der Waals surface area contributed by atoms with Gasteiger partial charge in [0.1, 0.15) is 4.90 Å². The molecule has 0 atom stereocenters. The highest BCUT2D eigenvalue weighted by Gasteiger charge is 2.25. The standard InChI is InChI=1S/C21H20O7S/c1-13-3-7-15(8-4-13)29(23,24)28-18-11-19(22)27-20-16(18)9-10-17(25-2)21(20)26-12-14-5-6-14/h3-4,7-11,14H,5-6,12H2,1-2H3. The van der Waals surface area contributed by atoms with Crippen molar-refractivity contribution < 1.29 is 26.5 Å². The topological polar surface area (TPSA) is 92.0 Å². The molecule has 0 aliphatic heterocycles. The second-order valence-electron chi connectivity index (χ2n) is 7.01. The molecule has 0 unspecified atom stereocenters. The van der Waals surface area contributed by atoms with E-state index in [2.05, 4.69) is 0 Å². The molecule has 2 aromatic carbocycles. The van der Waals surface area contributed by atoms with Crippen molar-refractivity contribution >= 4 is 21.1 Å². The lowest BCUT2D eigenvalue weighted by Gasteiger charge is -2.14. The third-order valence-corrected chi connectivity index (χ3v) is 5.93. The van der Waals surface area contributed by atoms with E-state index in [1.807, 2.05) is 6.92 Å². The fourth-order valence-corrected chi connectivity index (χ4v) is 3.82. The van der Waals surface area contributed by atoms with Crippen LogP contribution < -0.4 is 19.3 Å². The summed E-state index contributed by atoms with van der Waals surface area (Å²) in [5.41, 5.74) is 0.252. The molecular formula is C21H20O7S. The molecule has 0 spiro atoms. The van der Waals surface area contributed by atoms with E-state index >= 15 is 0 Å². The fraction of sp³-hybridized carbons (Fsp3) is 0.286. The largest absolute Gasteiger partial charge is 0.493 e. The van der Waals surface area contributed by atoms with E-state index in [9.17, 15) is 13.2 Å². The molecule has 3 aromatic rings. The van der Waals surface area contributed by atoms with E-state index < -0.39 is 15.7 Å². The molecule has 7 nitrogen and oxygen atoms in total. The van der Waals surface area contributed by atoms with Crippen molar-refractivity contribution in [2.75, 3.05) is 13.7 Å². The van der Waals surface area contributed by atoms with Gasteiger partial charge in [0.05, 0.1) is 25.2 Å². The number of rotatable bonds is 7. The van der Waals surface area contributed by atoms with Gasteiger partial charge in [-0.2, -0.15) is 8.42 Å². The van der Waals surface area contributed by atoms with Gasteiger partial charge < -0.3 is 18.1 Å². The van der Waals surface area contributed by atoms with E-state index in [4.69, 9.17) is 18.1 Å². The van der Waals surface area contributed by atoms with Gasteiger partial charge in [0, 0.05) is 0 Å². The van der Waals surface area contributed by atoms with Crippen LogP contribution in [-0.4, -0.2) is 22.1 Å². The Bertz CT molecular complexity index is 1210. The van der Waals surface area contributed by atoms with Crippen molar-refractivity contribution in [1.82, 2.24) is 0 Å². The summed E-state index contributed by atoms with van der Waals surface area (Å²) in [7, 11) is -2.66. The summed E-state index contributed by atoms with van der Waals surface area (Å²) < 4.78 is 47.2. The van der Waals surface area contributed by atoms with E-state index in [1.165, 1.54) is 19.2 Å². The molecule has 29 heavy (non-hydrogen) atoms. The van der Waals surface area contributed by atoms with Crippen molar-refractivity contribution in [3.63, 3.8) is 0 Å². The predicted molar refractivity (Wildman–Crippen MR) is 106 cm³/mol. The van der Waals surface area contributed by atoms with Crippen molar-refractivity contribution in [3.05, 3.63) is 58.4 Å². The number of aryl methyl sites for hydroxylation is 1. The predicted octanol–water partition coefficient (Wildman–Crippen LogP) is 3.67. The van der Waals surface area contributed by atoms with Crippen LogP contribution in [-0.2, 0) is 10.1 Å². The molecule has 1 aliphatic carbocycles. The molecule has 1 fully saturated rings. The summed E-state index contributed by atoms with van der Waals surface area (Å²) in [6.45, 7) is 2.32. The molecule has 8 heteroatoms. The summed E-state index contributed by atoms with van der Waals surface area (Å²) in [6, 6.07) is 10.4. The molecule has 0 radical (unpaired) electrons. The van der Waals surface area contributed by atoms with Gasteiger partial charge in [-0.05, 0) is 49.9 Å². The van der Waals surface area contributed by atoms with Gasteiger partial charge in [0.2, 0.25) is 5.75 Å². The Morgan fingerprint density at radius 2 is 1.79 bits per heavy atom. The summed E-state index contributed by atoms with van der Waals surface area (Å²) in [4.78, 5) is 12.1. The molecule has 0 amide bonds. The zero-order chi connectivity index (χ0) is 20.6. The van der Waals surface area contributed by atoms with Crippen molar-refractivity contribution in [3.8, 4) is 17.2 Å². The van der Waals surface area contributed by atoms with Crippen LogP contribution in [0.4, 0.5) is 0 Å². The normalized spacial score (nSPS) is 14.0. The Hall–Kier alpha value is -3.00. The molecule has 0 bridgehead atoms. The highest BCUT2D eigenvalue weighted by atomic mass is 32.2. The SMILES string of the molecule is COc1ccc2c(OS(=O)(=O)c3ccc(C)cc3)cc(=O)oc2c1OCC1CC1. The zero-order valence-corrected chi connectivity index (χ0v) is 16.8.